The largest absolute Gasteiger partial charge is 0.378 e. The molecule has 0 aromatic heterocycles. The van der Waals surface area contributed by atoms with Crippen LogP contribution in [0.1, 0.15) is 53.9 Å². The van der Waals surface area contributed by atoms with Crippen LogP contribution >= 0.6 is 0 Å². The molecule has 1 atom stereocenters. The molecule has 0 aromatic carbocycles. The van der Waals surface area contributed by atoms with Crippen molar-refractivity contribution in [2.24, 2.45) is 5.41 Å². The molecule has 0 saturated carbocycles. The summed E-state index contributed by atoms with van der Waals surface area (Å²) in [5, 5.41) is 0. The van der Waals surface area contributed by atoms with Crippen LogP contribution in [-0.2, 0) is 4.74 Å². The fourth-order valence-corrected chi connectivity index (χ4v) is 1.32. The van der Waals surface area contributed by atoms with Gasteiger partial charge in [0.15, 0.2) is 0 Å². The molecule has 0 bridgehead atoms. The van der Waals surface area contributed by atoms with Gasteiger partial charge < -0.3 is 4.74 Å². The Bertz CT molecular complexity index is 110. The van der Waals surface area contributed by atoms with Crippen LogP contribution in [0.15, 0.2) is 0 Å². The summed E-state index contributed by atoms with van der Waals surface area (Å²) < 4.78 is 5.65. The van der Waals surface area contributed by atoms with E-state index < -0.39 is 0 Å². The van der Waals surface area contributed by atoms with E-state index in [1.807, 2.05) is 0 Å². The lowest BCUT2D eigenvalue weighted by Gasteiger charge is -2.28. The van der Waals surface area contributed by atoms with Gasteiger partial charge in [0.1, 0.15) is 0 Å². The van der Waals surface area contributed by atoms with Gasteiger partial charge in [0.05, 0.1) is 12.7 Å². The number of hydrogen-bond acceptors (Lipinski definition) is 1. The summed E-state index contributed by atoms with van der Waals surface area (Å²) in [7, 11) is 0. The van der Waals surface area contributed by atoms with Gasteiger partial charge >= 0.3 is 0 Å². The highest BCUT2D eigenvalue weighted by molar-refractivity contribution is 4.71. The van der Waals surface area contributed by atoms with Crippen molar-refractivity contribution < 1.29 is 4.74 Å². The second kappa shape index (κ2) is 5.58. The van der Waals surface area contributed by atoms with Crippen molar-refractivity contribution in [1.82, 2.24) is 0 Å². The van der Waals surface area contributed by atoms with Gasteiger partial charge in [-0.3, -0.25) is 0 Å². The van der Waals surface area contributed by atoms with Gasteiger partial charge in [-0.1, -0.05) is 27.2 Å². The van der Waals surface area contributed by atoms with Crippen LogP contribution in [-0.4, -0.2) is 12.7 Å². The SMILES string of the molecule is CCCC(C)(CC)COC(C)C. The minimum absolute atomic E-state index is 0.368. The molecule has 0 aliphatic carbocycles. The van der Waals surface area contributed by atoms with Crippen LogP contribution in [0.2, 0.25) is 0 Å². The summed E-state index contributed by atoms with van der Waals surface area (Å²) in [5.74, 6) is 0. The average Bonchev–Trinajstić information content (AvgIpc) is 2.02. The van der Waals surface area contributed by atoms with E-state index in [4.69, 9.17) is 4.74 Å². The van der Waals surface area contributed by atoms with Crippen LogP contribution in [0, 0.1) is 5.41 Å². The lowest BCUT2D eigenvalue weighted by atomic mass is 9.84. The molecule has 1 nitrogen and oxygen atoms in total. The summed E-state index contributed by atoms with van der Waals surface area (Å²) in [6, 6.07) is 0. The first-order valence-electron chi connectivity index (χ1n) is 5.15. The Kier molecular flexibility index (Phi) is 5.56. The highest BCUT2D eigenvalue weighted by atomic mass is 16.5. The van der Waals surface area contributed by atoms with E-state index in [1.165, 1.54) is 19.3 Å². The molecule has 0 radical (unpaired) electrons. The van der Waals surface area contributed by atoms with E-state index >= 15 is 0 Å². The number of ether oxygens (including phenoxy) is 1. The van der Waals surface area contributed by atoms with Gasteiger partial charge in [-0.15, -0.1) is 0 Å². The summed E-state index contributed by atoms with van der Waals surface area (Å²) in [6.07, 6.45) is 4.11. The Morgan fingerprint density at radius 3 is 2.17 bits per heavy atom. The minimum atomic E-state index is 0.368. The van der Waals surface area contributed by atoms with Gasteiger partial charge in [-0.25, -0.2) is 0 Å². The van der Waals surface area contributed by atoms with E-state index in [2.05, 4.69) is 34.6 Å². The van der Waals surface area contributed by atoms with Gasteiger partial charge in [0, 0.05) is 0 Å². The van der Waals surface area contributed by atoms with Crippen molar-refractivity contribution in [1.29, 1.82) is 0 Å². The van der Waals surface area contributed by atoms with Crippen molar-refractivity contribution >= 4 is 0 Å². The monoisotopic (exact) mass is 172 g/mol. The van der Waals surface area contributed by atoms with E-state index in [0.29, 0.717) is 11.5 Å². The van der Waals surface area contributed by atoms with Crippen molar-refractivity contribution in [3.05, 3.63) is 0 Å². The zero-order valence-electron chi connectivity index (χ0n) is 9.31. The quantitative estimate of drug-likeness (QED) is 0.594. The lowest BCUT2D eigenvalue weighted by Crippen LogP contribution is -2.24. The van der Waals surface area contributed by atoms with E-state index in [-0.39, 0.29) is 0 Å². The fourth-order valence-electron chi connectivity index (χ4n) is 1.32. The Morgan fingerprint density at radius 2 is 1.83 bits per heavy atom. The normalized spacial score (nSPS) is 16.5. The molecule has 1 unspecified atom stereocenters. The summed E-state index contributed by atoms with van der Waals surface area (Å²) in [6.45, 7) is 11.9. The van der Waals surface area contributed by atoms with E-state index in [1.54, 1.807) is 0 Å². The smallest absolute Gasteiger partial charge is 0.0523 e. The third-order valence-electron chi connectivity index (χ3n) is 2.47. The molecule has 1 heteroatoms. The van der Waals surface area contributed by atoms with Crippen molar-refractivity contribution in [3.8, 4) is 0 Å². The molecule has 0 aliphatic heterocycles. The van der Waals surface area contributed by atoms with E-state index in [9.17, 15) is 0 Å². The van der Waals surface area contributed by atoms with Crippen LogP contribution < -0.4 is 0 Å². The third-order valence-corrected chi connectivity index (χ3v) is 2.47. The molecule has 0 saturated heterocycles. The molecule has 0 rings (SSSR count). The molecule has 74 valence electrons. The topological polar surface area (TPSA) is 9.23 Å². The van der Waals surface area contributed by atoms with Crippen LogP contribution in [0.5, 0.6) is 0 Å². The maximum atomic E-state index is 5.65. The fraction of sp³-hybridized carbons (Fsp3) is 1.00. The third kappa shape index (κ3) is 4.76. The predicted octanol–water partition coefficient (Wildman–Crippen LogP) is 3.63. The van der Waals surface area contributed by atoms with Gasteiger partial charge in [0.25, 0.3) is 0 Å². The summed E-state index contributed by atoms with van der Waals surface area (Å²) in [4.78, 5) is 0. The van der Waals surface area contributed by atoms with Crippen LogP contribution in [0.3, 0.4) is 0 Å². The Balaban J connectivity index is 3.78. The predicted molar refractivity (Wildman–Crippen MR) is 54.4 cm³/mol. The molecule has 0 heterocycles. The standard InChI is InChI=1S/C11H24O/c1-6-8-11(5,7-2)9-12-10(3)4/h10H,6-9H2,1-5H3. The summed E-state index contributed by atoms with van der Waals surface area (Å²) in [5.41, 5.74) is 0.402. The number of rotatable bonds is 6. The second-order valence-electron chi connectivity index (χ2n) is 4.27. The first-order valence-corrected chi connectivity index (χ1v) is 5.15. The molecule has 12 heavy (non-hydrogen) atoms. The first kappa shape index (κ1) is 12.0. The molecule has 0 aromatic rings. The molecule has 0 amide bonds. The maximum Gasteiger partial charge on any atom is 0.0523 e. The lowest BCUT2D eigenvalue weighted by molar-refractivity contribution is 0.00847. The molecule has 0 N–H and O–H groups in total. The van der Waals surface area contributed by atoms with Gasteiger partial charge in [-0.05, 0) is 32.1 Å². The van der Waals surface area contributed by atoms with Crippen LogP contribution in [0.25, 0.3) is 0 Å². The second-order valence-corrected chi connectivity index (χ2v) is 4.27. The molecule has 0 spiro atoms. The number of hydrogen-bond donors (Lipinski definition) is 0. The highest BCUT2D eigenvalue weighted by Gasteiger charge is 2.21. The van der Waals surface area contributed by atoms with Crippen LogP contribution in [0.4, 0.5) is 0 Å². The molecular formula is C11H24O. The first-order chi connectivity index (χ1) is 5.54. The zero-order valence-corrected chi connectivity index (χ0v) is 9.31. The van der Waals surface area contributed by atoms with Gasteiger partial charge in [0.2, 0.25) is 0 Å². The average molecular weight is 172 g/mol. The minimum Gasteiger partial charge on any atom is -0.378 e. The summed E-state index contributed by atoms with van der Waals surface area (Å²) >= 11 is 0. The van der Waals surface area contributed by atoms with Crippen molar-refractivity contribution in [3.63, 3.8) is 0 Å². The molecule has 0 aliphatic rings. The van der Waals surface area contributed by atoms with E-state index in [0.717, 1.165) is 6.61 Å². The van der Waals surface area contributed by atoms with Crippen molar-refractivity contribution in [2.75, 3.05) is 6.61 Å². The molecule has 0 fully saturated rings. The molecular weight excluding hydrogens is 148 g/mol. The maximum absolute atomic E-state index is 5.65. The Morgan fingerprint density at radius 1 is 1.25 bits per heavy atom. The Labute approximate surface area is 77.5 Å². The zero-order chi connectivity index (χ0) is 9.61. The van der Waals surface area contributed by atoms with Gasteiger partial charge in [-0.2, -0.15) is 0 Å². The Hall–Kier alpha value is -0.0400. The highest BCUT2D eigenvalue weighted by Crippen LogP contribution is 2.27. The van der Waals surface area contributed by atoms with Crippen molar-refractivity contribution in [2.45, 2.75) is 60.0 Å².